The van der Waals surface area contributed by atoms with Crippen molar-refractivity contribution in [3.63, 3.8) is 0 Å². The molecule has 5 nitrogen and oxygen atoms in total. The van der Waals surface area contributed by atoms with Gasteiger partial charge < -0.3 is 13.7 Å². The van der Waals surface area contributed by atoms with E-state index >= 15 is 0 Å². The monoisotopic (exact) mass is 371 g/mol. The highest BCUT2D eigenvalue weighted by Gasteiger charge is 2.19. The van der Waals surface area contributed by atoms with Crippen LogP contribution in [-0.2, 0) is 17.7 Å². The maximum atomic E-state index is 12.5. The molecule has 3 aromatic heterocycles. The Kier molecular flexibility index (Phi) is 5.42. The van der Waals surface area contributed by atoms with Gasteiger partial charge in [0.25, 0.3) is 0 Å². The Morgan fingerprint density at radius 1 is 1.19 bits per heavy atom. The van der Waals surface area contributed by atoms with Gasteiger partial charge in [0.05, 0.1) is 6.26 Å². The van der Waals surface area contributed by atoms with Gasteiger partial charge in [0.15, 0.2) is 6.61 Å². The molecule has 0 N–H and O–H groups in total. The van der Waals surface area contributed by atoms with Gasteiger partial charge >= 0.3 is 5.97 Å². The van der Waals surface area contributed by atoms with E-state index in [2.05, 4.69) is 16.0 Å². The van der Waals surface area contributed by atoms with Gasteiger partial charge in [-0.05, 0) is 50.8 Å². The smallest absolute Gasteiger partial charge is 0.342 e. The number of carbonyl (C=O) groups excluding carboxylic acids is 2. The Labute approximate surface area is 156 Å². The normalized spacial score (nSPS) is 10.9. The second-order valence-corrected chi connectivity index (χ2v) is 7.19. The van der Waals surface area contributed by atoms with Crippen LogP contribution in [0.2, 0.25) is 0 Å². The molecule has 0 aliphatic heterocycles. The predicted molar refractivity (Wildman–Crippen MR) is 100.0 cm³/mol. The number of hydrogen-bond acceptors (Lipinski definition) is 5. The van der Waals surface area contributed by atoms with Crippen molar-refractivity contribution in [3.8, 4) is 0 Å². The highest BCUT2D eigenvalue weighted by molar-refractivity contribution is 7.09. The van der Waals surface area contributed by atoms with Crippen LogP contribution < -0.4 is 0 Å². The number of carbonyl (C=O) groups is 2. The summed E-state index contributed by atoms with van der Waals surface area (Å²) in [6, 6.07) is 7.56. The van der Waals surface area contributed by atoms with Crippen LogP contribution in [0.3, 0.4) is 0 Å². The Bertz CT molecular complexity index is 918. The van der Waals surface area contributed by atoms with Crippen LogP contribution in [0.25, 0.3) is 0 Å². The van der Waals surface area contributed by atoms with E-state index in [0.717, 1.165) is 24.4 Å². The van der Waals surface area contributed by atoms with E-state index in [1.807, 2.05) is 26.0 Å². The maximum absolute atomic E-state index is 12.5. The molecule has 0 saturated carbocycles. The first kappa shape index (κ1) is 18.2. The van der Waals surface area contributed by atoms with E-state index in [4.69, 9.17) is 9.15 Å². The minimum atomic E-state index is -0.545. The highest BCUT2D eigenvalue weighted by Crippen LogP contribution is 2.19. The second kappa shape index (κ2) is 7.74. The number of hydrogen-bond donors (Lipinski definition) is 0. The summed E-state index contributed by atoms with van der Waals surface area (Å²) in [7, 11) is 0. The van der Waals surface area contributed by atoms with Gasteiger partial charge in [-0.3, -0.25) is 4.79 Å². The van der Waals surface area contributed by atoms with Gasteiger partial charge in [-0.25, -0.2) is 4.79 Å². The van der Waals surface area contributed by atoms with E-state index in [9.17, 15) is 9.59 Å². The fourth-order valence-electron chi connectivity index (χ4n) is 2.99. The third-order valence-electron chi connectivity index (χ3n) is 4.45. The van der Waals surface area contributed by atoms with E-state index in [1.165, 1.54) is 11.1 Å². The van der Waals surface area contributed by atoms with Gasteiger partial charge in [-0.2, -0.15) is 0 Å². The number of aryl methyl sites for hydroxylation is 3. The minimum Gasteiger partial charge on any atom is -0.469 e. The average molecular weight is 371 g/mol. The van der Waals surface area contributed by atoms with Crippen molar-refractivity contribution in [3.05, 3.63) is 69.1 Å². The zero-order chi connectivity index (χ0) is 18.7. The molecule has 0 atom stereocenters. The van der Waals surface area contributed by atoms with Gasteiger partial charge in [0.2, 0.25) is 5.78 Å². The third kappa shape index (κ3) is 3.80. The molecule has 0 aliphatic rings. The van der Waals surface area contributed by atoms with Crippen molar-refractivity contribution >= 4 is 23.1 Å². The Morgan fingerprint density at radius 2 is 2.00 bits per heavy atom. The van der Waals surface area contributed by atoms with Crippen LogP contribution in [0.15, 0.2) is 40.3 Å². The van der Waals surface area contributed by atoms with E-state index in [-0.39, 0.29) is 12.4 Å². The maximum Gasteiger partial charge on any atom is 0.342 e. The molecule has 0 spiro atoms. The second-order valence-electron chi connectivity index (χ2n) is 6.16. The summed E-state index contributed by atoms with van der Waals surface area (Å²) in [4.78, 5) is 25.8. The van der Waals surface area contributed by atoms with Crippen molar-refractivity contribution in [1.82, 2.24) is 4.57 Å². The lowest BCUT2D eigenvalue weighted by Gasteiger charge is -2.09. The SMILES string of the molecule is Cc1occc1C(=O)OCC(=O)c1cc(C)n(CCc2cccs2)c1C. The summed E-state index contributed by atoms with van der Waals surface area (Å²) >= 11 is 1.73. The van der Waals surface area contributed by atoms with E-state index < -0.39 is 5.97 Å². The predicted octanol–water partition coefficient (Wildman–Crippen LogP) is 4.35. The molecule has 3 rings (SSSR count). The number of aromatic nitrogens is 1. The molecular formula is C20H21NO4S. The Hall–Kier alpha value is -2.60. The number of Topliss-reactive ketones (excluding diaryl/α,β-unsaturated/α-hetero) is 1. The zero-order valence-corrected chi connectivity index (χ0v) is 15.9. The quantitative estimate of drug-likeness (QED) is 0.458. The summed E-state index contributed by atoms with van der Waals surface area (Å²) in [6.07, 6.45) is 2.35. The summed E-state index contributed by atoms with van der Waals surface area (Å²) in [5.41, 5.74) is 2.88. The molecule has 0 radical (unpaired) electrons. The lowest BCUT2D eigenvalue weighted by atomic mass is 10.1. The van der Waals surface area contributed by atoms with Crippen molar-refractivity contribution in [2.45, 2.75) is 33.7 Å². The molecule has 0 fully saturated rings. The summed E-state index contributed by atoms with van der Waals surface area (Å²) in [5, 5.41) is 2.07. The fraction of sp³-hybridized carbons (Fsp3) is 0.300. The summed E-state index contributed by atoms with van der Waals surface area (Å²) in [6.45, 7) is 6.13. The van der Waals surface area contributed by atoms with Crippen LogP contribution in [0.1, 0.15) is 42.7 Å². The molecule has 3 aromatic rings. The summed E-state index contributed by atoms with van der Waals surface area (Å²) in [5.74, 6) is -0.264. The standard InChI is InChI=1S/C20H21NO4S/c1-13-11-18(14(2)21(13)8-6-16-5-4-10-26-16)19(22)12-25-20(23)17-7-9-24-15(17)3/h4-5,7,9-11H,6,8,12H2,1-3H3. The third-order valence-corrected chi connectivity index (χ3v) is 5.39. The number of esters is 1. The van der Waals surface area contributed by atoms with Gasteiger partial charge in [-0.1, -0.05) is 6.07 Å². The molecule has 3 heterocycles. The van der Waals surface area contributed by atoms with Crippen molar-refractivity contribution in [1.29, 1.82) is 0 Å². The average Bonchev–Trinajstić information content (AvgIpc) is 3.33. The molecule has 0 bridgehead atoms. The van der Waals surface area contributed by atoms with Gasteiger partial charge in [0, 0.05) is 28.4 Å². The number of thiophene rings is 1. The van der Waals surface area contributed by atoms with E-state index in [1.54, 1.807) is 24.3 Å². The molecule has 6 heteroatoms. The summed E-state index contributed by atoms with van der Waals surface area (Å²) < 4.78 is 12.4. The zero-order valence-electron chi connectivity index (χ0n) is 15.1. The molecule has 0 amide bonds. The number of furan rings is 1. The molecule has 136 valence electrons. The number of nitrogens with zero attached hydrogens (tertiary/aromatic N) is 1. The number of ether oxygens (including phenoxy) is 1. The molecule has 0 aromatic carbocycles. The molecule has 26 heavy (non-hydrogen) atoms. The van der Waals surface area contributed by atoms with E-state index in [0.29, 0.717) is 16.9 Å². The van der Waals surface area contributed by atoms with Crippen LogP contribution >= 0.6 is 11.3 Å². The largest absolute Gasteiger partial charge is 0.469 e. The van der Waals surface area contributed by atoms with Crippen molar-refractivity contribution in [2.75, 3.05) is 6.61 Å². The van der Waals surface area contributed by atoms with Gasteiger partial charge in [-0.15, -0.1) is 11.3 Å². The first-order chi connectivity index (χ1) is 12.5. The topological polar surface area (TPSA) is 61.4 Å². The lowest BCUT2D eigenvalue weighted by molar-refractivity contribution is 0.0472. The fourth-order valence-corrected chi connectivity index (χ4v) is 3.69. The van der Waals surface area contributed by atoms with Crippen LogP contribution in [0.4, 0.5) is 0 Å². The first-order valence-corrected chi connectivity index (χ1v) is 9.29. The van der Waals surface area contributed by atoms with Crippen molar-refractivity contribution in [2.24, 2.45) is 0 Å². The van der Waals surface area contributed by atoms with Crippen LogP contribution in [-0.4, -0.2) is 22.9 Å². The number of rotatable bonds is 7. The Balaban J connectivity index is 1.65. The minimum absolute atomic E-state index is 0.199. The Morgan fingerprint density at radius 3 is 2.65 bits per heavy atom. The van der Waals surface area contributed by atoms with Crippen LogP contribution in [0, 0.1) is 20.8 Å². The first-order valence-electron chi connectivity index (χ1n) is 8.41. The molecule has 0 saturated heterocycles. The van der Waals surface area contributed by atoms with Crippen molar-refractivity contribution < 1.29 is 18.7 Å². The molecule has 0 aliphatic carbocycles. The molecular weight excluding hydrogens is 350 g/mol. The number of ketones is 1. The van der Waals surface area contributed by atoms with Crippen LogP contribution in [0.5, 0.6) is 0 Å². The highest BCUT2D eigenvalue weighted by atomic mass is 32.1. The van der Waals surface area contributed by atoms with Gasteiger partial charge in [0.1, 0.15) is 11.3 Å². The molecule has 0 unspecified atom stereocenters. The lowest BCUT2D eigenvalue weighted by Crippen LogP contribution is -2.15.